The monoisotopic (exact) mass is 441 g/mol. The van der Waals surface area contributed by atoms with Crippen LogP contribution in [0.15, 0.2) is 53.4 Å². The van der Waals surface area contributed by atoms with Gasteiger partial charge in [0.25, 0.3) is 5.91 Å². The van der Waals surface area contributed by atoms with Crippen LogP contribution in [0, 0.1) is 6.92 Å². The maximum Gasteiger partial charge on any atom is 0.405 e. The molecule has 1 fully saturated rings. The predicted molar refractivity (Wildman–Crippen MR) is 107 cm³/mol. The van der Waals surface area contributed by atoms with E-state index in [0.717, 1.165) is 11.3 Å². The summed E-state index contributed by atoms with van der Waals surface area (Å²) < 4.78 is 63.8. The van der Waals surface area contributed by atoms with Crippen LogP contribution in [-0.4, -0.2) is 57.5 Å². The minimum atomic E-state index is -4.51. The van der Waals surface area contributed by atoms with Crippen molar-refractivity contribution in [1.29, 1.82) is 0 Å². The Morgan fingerprint density at radius 2 is 1.67 bits per heavy atom. The molecule has 1 N–H and O–H groups in total. The molecule has 0 saturated carbocycles. The van der Waals surface area contributed by atoms with Crippen molar-refractivity contribution >= 4 is 21.6 Å². The molecule has 0 atom stereocenters. The van der Waals surface area contributed by atoms with Crippen LogP contribution in [0.5, 0.6) is 0 Å². The van der Waals surface area contributed by atoms with Gasteiger partial charge in [-0.1, -0.05) is 12.1 Å². The van der Waals surface area contributed by atoms with Crippen LogP contribution < -0.4 is 10.2 Å². The molecule has 0 bridgehead atoms. The Balaban J connectivity index is 1.64. The van der Waals surface area contributed by atoms with E-state index < -0.39 is 28.7 Å². The van der Waals surface area contributed by atoms with E-state index in [9.17, 15) is 26.4 Å². The van der Waals surface area contributed by atoms with Crippen LogP contribution in [0.4, 0.5) is 18.9 Å². The van der Waals surface area contributed by atoms with Gasteiger partial charge in [0, 0.05) is 37.4 Å². The molecule has 1 saturated heterocycles. The average molecular weight is 441 g/mol. The molecular weight excluding hydrogens is 419 g/mol. The van der Waals surface area contributed by atoms with Crippen LogP contribution >= 0.6 is 0 Å². The summed E-state index contributed by atoms with van der Waals surface area (Å²) in [5, 5.41) is 1.76. The maximum atomic E-state index is 12.9. The molecular formula is C20H22F3N3O3S. The van der Waals surface area contributed by atoms with Crippen LogP contribution in [0.1, 0.15) is 15.9 Å². The van der Waals surface area contributed by atoms with Gasteiger partial charge in [-0.15, -0.1) is 0 Å². The number of anilines is 1. The molecule has 2 aromatic rings. The van der Waals surface area contributed by atoms with Crippen LogP contribution in [-0.2, 0) is 10.0 Å². The number of piperazine rings is 1. The number of rotatable bonds is 5. The number of carbonyl (C=O) groups excluding carboxylic acids is 1. The Bertz CT molecular complexity index is 1000. The van der Waals surface area contributed by atoms with Gasteiger partial charge in [0.15, 0.2) is 0 Å². The number of aryl methyl sites for hydroxylation is 1. The predicted octanol–water partition coefficient (Wildman–Crippen LogP) is 2.80. The van der Waals surface area contributed by atoms with Crippen molar-refractivity contribution in [3.63, 3.8) is 0 Å². The summed E-state index contributed by atoms with van der Waals surface area (Å²) in [7, 11) is -3.76. The summed E-state index contributed by atoms with van der Waals surface area (Å²) >= 11 is 0. The molecule has 0 aliphatic carbocycles. The van der Waals surface area contributed by atoms with E-state index in [1.165, 1.54) is 28.6 Å². The molecule has 3 rings (SSSR count). The maximum absolute atomic E-state index is 12.9. The Morgan fingerprint density at radius 3 is 2.23 bits per heavy atom. The Kier molecular flexibility index (Phi) is 6.37. The largest absolute Gasteiger partial charge is 0.405 e. The third kappa shape index (κ3) is 5.31. The Morgan fingerprint density at radius 1 is 1.03 bits per heavy atom. The quantitative estimate of drug-likeness (QED) is 0.775. The number of nitrogens with one attached hydrogen (secondary N) is 1. The highest BCUT2D eigenvalue weighted by atomic mass is 32.2. The molecule has 10 heteroatoms. The van der Waals surface area contributed by atoms with E-state index in [2.05, 4.69) is 4.90 Å². The number of hydrogen-bond acceptors (Lipinski definition) is 4. The lowest BCUT2D eigenvalue weighted by atomic mass is 10.2. The first kappa shape index (κ1) is 22.1. The average Bonchev–Trinajstić information content (AvgIpc) is 2.71. The highest BCUT2D eigenvalue weighted by molar-refractivity contribution is 7.89. The van der Waals surface area contributed by atoms with Crippen molar-refractivity contribution in [2.24, 2.45) is 0 Å². The summed E-state index contributed by atoms with van der Waals surface area (Å²) in [5.74, 6) is -0.914. The second-order valence-electron chi connectivity index (χ2n) is 7.05. The molecule has 1 amide bonds. The zero-order valence-electron chi connectivity index (χ0n) is 16.3. The number of nitrogens with zero attached hydrogens (tertiary/aromatic N) is 2. The van der Waals surface area contributed by atoms with Crippen molar-refractivity contribution in [2.45, 2.75) is 18.0 Å². The van der Waals surface area contributed by atoms with Gasteiger partial charge < -0.3 is 10.2 Å². The lowest BCUT2D eigenvalue weighted by Crippen LogP contribution is -2.48. The summed E-state index contributed by atoms with van der Waals surface area (Å²) in [5.41, 5.74) is 2.13. The zero-order valence-corrected chi connectivity index (χ0v) is 17.1. The standard InChI is InChI=1S/C20H22F3N3O3S/c1-15-3-2-4-17(13-15)25-9-11-26(12-10-25)30(28,29)18-7-5-16(6-8-18)19(27)24-14-20(21,22)23/h2-8,13H,9-12,14H2,1H3,(H,24,27). The van der Waals surface area contributed by atoms with Gasteiger partial charge in [0.05, 0.1) is 4.90 Å². The van der Waals surface area contributed by atoms with Gasteiger partial charge in [-0.2, -0.15) is 17.5 Å². The summed E-state index contributed by atoms with van der Waals surface area (Å²) in [6.45, 7) is 2.25. The number of amides is 1. The van der Waals surface area contributed by atoms with Crippen LogP contribution in [0.2, 0.25) is 0 Å². The normalized spacial score (nSPS) is 15.8. The SMILES string of the molecule is Cc1cccc(N2CCN(S(=O)(=O)c3ccc(C(=O)NCC(F)(F)F)cc3)CC2)c1. The lowest BCUT2D eigenvalue weighted by Gasteiger charge is -2.35. The van der Waals surface area contributed by atoms with Crippen LogP contribution in [0.25, 0.3) is 0 Å². The number of alkyl halides is 3. The molecule has 6 nitrogen and oxygen atoms in total. The smallest absolute Gasteiger partial charge is 0.369 e. The number of sulfonamides is 1. The summed E-state index contributed by atoms with van der Waals surface area (Å²) in [6, 6.07) is 12.9. The fraction of sp³-hybridized carbons (Fsp3) is 0.350. The van der Waals surface area contributed by atoms with E-state index in [-0.39, 0.29) is 10.5 Å². The van der Waals surface area contributed by atoms with Crippen molar-refractivity contribution in [2.75, 3.05) is 37.6 Å². The second kappa shape index (κ2) is 8.65. The first-order valence-electron chi connectivity index (χ1n) is 9.33. The molecule has 1 heterocycles. The molecule has 1 aliphatic heterocycles. The summed E-state index contributed by atoms with van der Waals surface area (Å²) in [4.78, 5) is 13.9. The third-order valence-electron chi connectivity index (χ3n) is 4.81. The minimum absolute atomic E-state index is 0.00104. The summed E-state index contributed by atoms with van der Waals surface area (Å²) in [6.07, 6.45) is -4.51. The Labute approximate surface area is 173 Å². The van der Waals surface area contributed by atoms with Crippen molar-refractivity contribution in [3.05, 3.63) is 59.7 Å². The molecule has 0 radical (unpaired) electrons. The van der Waals surface area contributed by atoms with E-state index in [4.69, 9.17) is 0 Å². The fourth-order valence-corrected chi connectivity index (χ4v) is 4.64. The number of benzene rings is 2. The molecule has 2 aromatic carbocycles. The van der Waals surface area contributed by atoms with Gasteiger partial charge in [0.2, 0.25) is 10.0 Å². The second-order valence-corrected chi connectivity index (χ2v) is 8.99. The van der Waals surface area contributed by atoms with Crippen molar-refractivity contribution in [1.82, 2.24) is 9.62 Å². The van der Waals surface area contributed by atoms with E-state index >= 15 is 0 Å². The molecule has 162 valence electrons. The van der Waals surface area contributed by atoms with Gasteiger partial charge in [-0.05, 0) is 48.9 Å². The highest BCUT2D eigenvalue weighted by Crippen LogP contribution is 2.22. The van der Waals surface area contributed by atoms with Gasteiger partial charge in [-0.3, -0.25) is 4.79 Å². The highest BCUT2D eigenvalue weighted by Gasteiger charge is 2.30. The topological polar surface area (TPSA) is 69.7 Å². The van der Waals surface area contributed by atoms with Crippen LogP contribution in [0.3, 0.4) is 0 Å². The van der Waals surface area contributed by atoms with E-state index in [1.807, 2.05) is 31.2 Å². The number of halogens is 3. The Hall–Kier alpha value is -2.59. The van der Waals surface area contributed by atoms with Gasteiger partial charge >= 0.3 is 6.18 Å². The van der Waals surface area contributed by atoms with Gasteiger partial charge in [0.1, 0.15) is 6.54 Å². The fourth-order valence-electron chi connectivity index (χ4n) is 3.22. The van der Waals surface area contributed by atoms with Crippen molar-refractivity contribution in [3.8, 4) is 0 Å². The lowest BCUT2D eigenvalue weighted by molar-refractivity contribution is -0.123. The minimum Gasteiger partial charge on any atom is -0.369 e. The van der Waals surface area contributed by atoms with Crippen molar-refractivity contribution < 1.29 is 26.4 Å². The molecule has 0 unspecified atom stereocenters. The van der Waals surface area contributed by atoms with E-state index in [0.29, 0.717) is 26.2 Å². The van der Waals surface area contributed by atoms with Gasteiger partial charge in [-0.25, -0.2) is 8.42 Å². The molecule has 30 heavy (non-hydrogen) atoms. The number of hydrogen-bond donors (Lipinski definition) is 1. The molecule has 0 aromatic heterocycles. The first-order chi connectivity index (χ1) is 14.1. The first-order valence-corrected chi connectivity index (χ1v) is 10.8. The van der Waals surface area contributed by atoms with E-state index in [1.54, 1.807) is 5.32 Å². The molecule has 1 aliphatic rings. The third-order valence-corrected chi connectivity index (χ3v) is 6.72. The zero-order chi connectivity index (χ0) is 21.9. The number of carbonyl (C=O) groups is 1. The molecule has 0 spiro atoms.